The van der Waals surface area contributed by atoms with E-state index in [9.17, 15) is 4.79 Å². The van der Waals surface area contributed by atoms with Crippen LogP contribution in [0.25, 0.3) is 0 Å². The molecular weight excluding hydrogens is 322 g/mol. The van der Waals surface area contributed by atoms with E-state index in [-0.39, 0.29) is 5.91 Å². The average Bonchev–Trinajstić information content (AvgIpc) is 2.62. The lowest BCUT2D eigenvalue weighted by atomic mass is 10.1. The van der Waals surface area contributed by atoms with Crippen LogP contribution < -0.4 is 14.8 Å². The van der Waals surface area contributed by atoms with E-state index in [0.29, 0.717) is 23.6 Å². The molecule has 0 atom stereocenters. The summed E-state index contributed by atoms with van der Waals surface area (Å²) < 4.78 is 10.5. The topological polar surface area (TPSA) is 47.6 Å². The minimum atomic E-state index is -0.0431. The molecule has 2 aromatic rings. The molecule has 2 aromatic carbocycles. The number of nitrogens with one attached hydrogen (secondary N) is 1. The normalized spacial score (nSPS) is 10.3. The van der Waals surface area contributed by atoms with Gasteiger partial charge >= 0.3 is 0 Å². The van der Waals surface area contributed by atoms with Gasteiger partial charge in [0, 0.05) is 17.9 Å². The quantitative estimate of drug-likeness (QED) is 0.795. The fourth-order valence-corrected chi connectivity index (χ4v) is 2.94. The van der Waals surface area contributed by atoms with Crippen LogP contribution in [0.4, 0.5) is 0 Å². The van der Waals surface area contributed by atoms with Crippen molar-refractivity contribution in [3.8, 4) is 11.5 Å². The molecular formula is C19H23NO3S. The molecule has 0 aliphatic rings. The van der Waals surface area contributed by atoms with Crippen molar-refractivity contribution < 1.29 is 14.3 Å². The molecule has 0 saturated heterocycles. The van der Waals surface area contributed by atoms with E-state index in [0.717, 1.165) is 23.3 Å². The van der Waals surface area contributed by atoms with Gasteiger partial charge in [-0.05, 0) is 48.1 Å². The van der Waals surface area contributed by atoms with Crippen molar-refractivity contribution >= 4 is 17.7 Å². The highest BCUT2D eigenvalue weighted by molar-refractivity contribution is 7.97. The SMILES string of the molecule is COc1ccc(CCNC(=O)c2cccc(CSC)c2)cc1OC. The largest absolute Gasteiger partial charge is 0.493 e. The van der Waals surface area contributed by atoms with E-state index < -0.39 is 0 Å². The Kier molecular flexibility index (Phi) is 7.00. The maximum Gasteiger partial charge on any atom is 0.251 e. The number of carbonyl (C=O) groups is 1. The van der Waals surface area contributed by atoms with Gasteiger partial charge in [-0.25, -0.2) is 0 Å². The Morgan fingerprint density at radius 1 is 1.04 bits per heavy atom. The lowest BCUT2D eigenvalue weighted by Crippen LogP contribution is -2.25. The maximum absolute atomic E-state index is 12.3. The third-order valence-electron chi connectivity index (χ3n) is 3.65. The molecule has 1 N–H and O–H groups in total. The van der Waals surface area contributed by atoms with Gasteiger partial charge in [0.15, 0.2) is 11.5 Å². The summed E-state index contributed by atoms with van der Waals surface area (Å²) in [5.74, 6) is 2.27. The zero-order valence-corrected chi connectivity index (χ0v) is 15.1. The predicted molar refractivity (Wildman–Crippen MR) is 99.2 cm³/mol. The predicted octanol–water partition coefficient (Wildman–Crippen LogP) is 3.54. The monoisotopic (exact) mass is 345 g/mol. The summed E-state index contributed by atoms with van der Waals surface area (Å²) in [5.41, 5.74) is 2.95. The van der Waals surface area contributed by atoms with Crippen molar-refractivity contribution in [1.29, 1.82) is 0 Å². The second kappa shape index (κ2) is 9.23. The Hall–Kier alpha value is -2.14. The molecule has 1 amide bonds. The van der Waals surface area contributed by atoms with Crippen molar-refractivity contribution in [3.63, 3.8) is 0 Å². The number of thioether (sulfide) groups is 1. The molecule has 0 spiro atoms. The third kappa shape index (κ3) is 4.93. The van der Waals surface area contributed by atoms with Crippen LogP contribution in [0.15, 0.2) is 42.5 Å². The van der Waals surface area contributed by atoms with Crippen LogP contribution in [0, 0.1) is 0 Å². The van der Waals surface area contributed by atoms with Gasteiger partial charge in [-0.1, -0.05) is 18.2 Å². The molecule has 0 aromatic heterocycles. The first kappa shape index (κ1) is 18.2. The molecule has 5 heteroatoms. The number of carbonyl (C=O) groups excluding carboxylic acids is 1. The molecule has 2 rings (SSSR count). The third-order valence-corrected chi connectivity index (χ3v) is 4.27. The lowest BCUT2D eigenvalue weighted by molar-refractivity contribution is 0.0954. The van der Waals surface area contributed by atoms with E-state index in [1.807, 2.05) is 42.5 Å². The van der Waals surface area contributed by atoms with E-state index in [1.165, 1.54) is 0 Å². The molecule has 128 valence electrons. The number of methoxy groups -OCH3 is 2. The number of hydrogen-bond donors (Lipinski definition) is 1. The Morgan fingerprint density at radius 3 is 2.54 bits per heavy atom. The van der Waals surface area contributed by atoms with Gasteiger partial charge in [-0.2, -0.15) is 11.8 Å². The van der Waals surface area contributed by atoms with Crippen LogP contribution in [0.2, 0.25) is 0 Å². The zero-order valence-electron chi connectivity index (χ0n) is 14.3. The fourth-order valence-electron chi connectivity index (χ4n) is 2.43. The van der Waals surface area contributed by atoms with Gasteiger partial charge in [0.05, 0.1) is 14.2 Å². The van der Waals surface area contributed by atoms with Gasteiger partial charge in [0.25, 0.3) is 5.91 Å². The van der Waals surface area contributed by atoms with Crippen molar-refractivity contribution in [3.05, 3.63) is 59.2 Å². The molecule has 0 fully saturated rings. The first-order chi connectivity index (χ1) is 11.7. The van der Waals surface area contributed by atoms with Crippen LogP contribution in [-0.4, -0.2) is 32.9 Å². The first-order valence-electron chi connectivity index (χ1n) is 7.75. The van der Waals surface area contributed by atoms with Crippen molar-refractivity contribution in [2.24, 2.45) is 0 Å². The molecule has 4 nitrogen and oxygen atoms in total. The molecule has 0 unspecified atom stereocenters. The summed E-state index contributed by atoms with van der Waals surface area (Å²) in [6.07, 6.45) is 2.78. The molecule has 0 heterocycles. The van der Waals surface area contributed by atoms with Crippen LogP contribution in [0.1, 0.15) is 21.5 Å². The number of benzene rings is 2. The Bertz CT molecular complexity index is 688. The average molecular weight is 345 g/mol. The van der Waals surface area contributed by atoms with Crippen LogP contribution in [-0.2, 0) is 12.2 Å². The minimum Gasteiger partial charge on any atom is -0.493 e. The fraction of sp³-hybridized carbons (Fsp3) is 0.316. The number of rotatable bonds is 8. The van der Waals surface area contributed by atoms with Gasteiger partial charge in [-0.15, -0.1) is 0 Å². The number of amides is 1. The second-order valence-electron chi connectivity index (χ2n) is 5.33. The number of hydrogen-bond acceptors (Lipinski definition) is 4. The summed E-state index contributed by atoms with van der Waals surface area (Å²) in [5, 5.41) is 2.97. The van der Waals surface area contributed by atoms with E-state index in [4.69, 9.17) is 9.47 Å². The van der Waals surface area contributed by atoms with Crippen molar-refractivity contribution in [2.45, 2.75) is 12.2 Å². The summed E-state index contributed by atoms with van der Waals surface area (Å²) >= 11 is 1.74. The number of ether oxygens (including phenoxy) is 2. The Morgan fingerprint density at radius 2 is 1.83 bits per heavy atom. The van der Waals surface area contributed by atoms with Crippen LogP contribution in [0.3, 0.4) is 0 Å². The zero-order chi connectivity index (χ0) is 17.4. The molecule has 0 saturated carbocycles. The van der Waals surface area contributed by atoms with Gasteiger partial charge in [-0.3, -0.25) is 4.79 Å². The van der Waals surface area contributed by atoms with E-state index >= 15 is 0 Å². The van der Waals surface area contributed by atoms with Crippen LogP contribution in [0.5, 0.6) is 11.5 Å². The van der Waals surface area contributed by atoms with Gasteiger partial charge in [0.1, 0.15) is 0 Å². The molecule has 0 aliphatic carbocycles. The highest BCUT2D eigenvalue weighted by atomic mass is 32.2. The maximum atomic E-state index is 12.3. The van der Waals surface area contributed by atoms with E-state index in [1.54, 1.807) is 26.0 Å². The summed E-state index contributed by atoms with van der Waals surface area (Å²) in [4.78, 5) is 12.3. The lowest BCUT2D eigenvalue weighted by Gasteiger charge is -2.10. The minimum absolute atomic E-state index is 0.0431. The van der Waals surface area contributed by atoms with E-state index in [2.05, 4.69) is 11.6 Å². The van der Waals surface area contributed by atoms with Crippen molar-refractivity contribution in [1.82, 2.24) is 5.32 Å². The molecule has 0 aliphatic heterocycles. The first-order valence-corrected chi connectivity index (χ1v) is 9.14. The molecule has 0 radical (unpaired) electrons. The van der Waals surface area contributed by atoms with Crippen molar-refractivity contribution in [2.75, 3.05) is 27.0 Å². The summed E-state index contributed by atoms with van der Waals surface area (Å²) in [6.45, 7) is 0.571. The Balaban J connectivity index is 1.92. The van der Waals surface area contributed by atoms with Crippen LogP contribution >= 0.6 is 11.8 Å². The standard InChI is InChI=1S/C19H23NO3S/c1-22-17-8-7-14(12-18(17)23-2)9-10-20-19(21)16-6-4-5-15(11-16)13-24-3/h4-8,11-12H,9-10,13H2,1-3H3,(H,20,21). The smallest absolute Gasteiger partial charge is 0.251 e. The summed E-state index contributed by atoms with van der Waals surface area (Å²) in [6, 6.07) is 13.5. The highest BCUT2D eigenvalue weighted by Gasteiger charge is 2.07. The molecule has 0 bridgehead atoms. The Labute approximate surface area is 147 Å². The van der Waals surface area contributed by atoms with Gasteiger partial charge in [0.2, 0.25) is 0 Å². The summed E-state index contributed by atoms with van der Waals surface area (Å²) in [7, 11) is 3.23. The highest BCUT2D eigenvalue weighted by Crippen LogP contribution is 2.27. The molecule has 24 heavy (non-hydrogen) atoms. The second-order valence-corrected chi connectivity index (χ2v) is 6.19. The van der Waals surface area contributed by atoms with Gasteiger partial charge < -0.3 is 14.8 Å².